The van der Waals surface area contributed by atoms with Gasteiger partial charge in [0.25, 0.3) is 5.91 Å². The first-order valence-corrected chi connectivity index (χ1v) is 9.93. The number of carbonyl (C=O) groups is 1. The molecule has 0 aliphatic rings. The number of amides is 1. The number of thiazole rings is 1. The Morgan fingerprint density at radius 2 is 1.57 bits per heavy atom. The molecule has 0 unspecified atom stereocenters. The lowest BCUT2D eigenvalue weighted by Gasteiger charge is -2.03. The largest absolute Gasteiger partial charge is 0.298 e. The zero-order valence-electron chi connectivity index (χ0n) is 15.8. The molecule has 1 heterocycles. The van der Waals surface area contributed by atoms with Crippen LogP contribution < -0.4 is 5.32 Å². The Bertz CT molecular complexity index is 1120. The van der Waals surface area contributed by atoms with Gasteiger partial charge < -0.3 is 0 Å². The van der Waals surface area contributed by atoms with Crippen LogP contribution in [-0.4, -0.2) is 10.9 Å². The molecule has 3 nitrogen and oxygen atoms in total. The molecule has 4 rings (SSSR count). The SMILES string of the molecule is Cc1ccc(-c2sc(NC(=O)c3cccc(C)c3)nc2-c2ccccc2)cc1. The minimum absolute atomic E-state index is 0.146. The molecule has 0 radical (unpaired) electrons. The van der Waals surface area contributed by atoms with Crippen LogP contribution in [0.5, 0.6) is 0 Å². The molecule has 3 aromatic carbocycles. The number of rotatable bonds is 4. The molecule has 0 saturated carbocycles. The molecule has 138 valence electrons. The number of nitrogens with zero attached hydrogens (tertiary/aromatic N) is 1. The molecule has 1 amide bonds. The zero-order chi connectivity index (χ0) is 19.5. The van der Waals surface area contributed by atoms with E-state index in [1.165, 1.54) is 16.9 Å². The second-order valence-electron chi connectivity index (χ2n) is 6.75. The van der Waals surface area contributed by atoms with Crippen molar-refractivity contribution in [3.05, 3.63) is 95.6 Å². The Morgan fingerprint density at radius 3 is 2.29 bits per heavy atom. The average molecular weight is 385 g/mol. The number of aryl methyl sites for hydroxylation is 2. The quantitative estimate of drug-likeness (QED) is 0.446. The maximum Gasteiger partial charge on any atom is 0.257 e. The summed E-state index contributed by atoms with van der Waals surface area (Å²) in [5, 5.41) is 3.56. The normalized spacial score (nSPS) is 10.6. The third-order valence-corrected chi connectivity index (χ3v) is 5.51. The number of anilines is 1. The fraction of sp³-hybridized carbons (Fsp3) is 0.0833. The summed E-state index contributed by atoms with van der Waals surface area (Å²) >= 11 is 1.50. The number of nitrogens with one attached hydrogen (secondary N) is 1. The minimum atomic E-state index is -0.146. The molecule has 4 heteroatoms. The highest BCUT2D eigenvalue weighted by Crippen LogP contribution is 2.39. The summed E-state index contributed by atoms with van der Waals surface area (Å²) in [6.45, 7) is 4.05. The van der Waals surface area contributed by atoms with Crippen molar-refractivity contribution in [1.82, 2.24) is 4.98 Å². The van der Waals surface area contributed by atoms with Gasteiger partial charge in [-0.05, 0) is 31.5 Å². The van der Waals surface area contributed by atoms with E-state index in [4.69, 9.17) is 4.98 Å². The maximum atomic E-state index is 12.7. The van der Waals surface area contributed by atoms with Crippen LogP contribution >= 0.6 is 11.3 Å². The second kappa shape index (κ2) is 7.79. The van der Waals surface area contributed by atoms with Crippen molar-refractivity contribution >= 4 is 22.4 Å². The lowest BCUT2D eigenvalue weighted by molar-refractivity contribution is 0.102. The van der Waals surface area contributed by atoms with Gasteiger partial charge in [-0.3, -0.25) is 10.1 Å². The van der Waals surface area contributed by atoms with Gasteiger partial charge in [-0.2, -0.15) is 0 Å². The summed E-state index contributed by atoms with van der Waals surface area (Å²) in [6.07, 6.45) is 0. The predicted molar refractivity (Wildman–Crippen MR) is 117 cm³/mol. The Kier molecular flexibility index (Phi) is 5.04. The van der Waals surface area contributed by atoms with Crippen LogP contribution in [0.1, 0.15) is 21.5 Å². The van der Waals surface area contributed by atoms with Crippen molar-refractivity contribution in [2.75, 3.05) is 5.32 Å². The van der Waals surface area contributed by atoms with Crippen molar-refractivity contribution in [1.29, 1.82) is 0 Å². The number of hydrogen-bond donors (Lipinski definition) is 1. The Balaban J connectivity index is 1.73. The van der Waals surface area contributed by atoms with Crippen LogP contribution in [0.15, 0.2) is 78.9 Å². The summed E-state index contributed by atoms with van der Waals surface area (Å²) in [5.41, 5.74) is 5.91. The first kappa shape index (κ1) is 18.1. The van der Waals surface area contributed by atoms with E-state index in [1.807, 2.05) is 61.5 Å². The van der Waals surface area contributed by atoms with Gasteiger partial charge in [-0.25, -0.2) is 4.98 Å². The number of aromatic nitrogens is 1. The third kappa shape index (κ3) is 3.87. The van der Waals surface area contributed by atoms with E-state index in [2.05, 4.69) is 36.5 Å². The molecule has 1 aromatic heterocycles. The molecule has 0 aliphatic heterocycles. The van der Waals surface area contributed by atoms with Crippen molar-refractivity contribution in [2.24, 2.45) is 0 Å². The van der Waals surface area contributed by atoms with Crippen molar-refractivity contribution < 1.29 is 4.79 Å². The molecular formula is C24H20N2OS. The summed E-state index contributed by atoms with van der Waals surface area (Å²) in [4.78, 5) is 18.5. The van der Waals surface area contributed by atoms with Crippen LogP contribution in [0.25, 0.3) is 21.7 Å². The highest BCUT2D eigenvalue weighted by atomic mass is 32.1. The van der Waals surface area contributed by atoms with Gasteiger partial charge in [0.2, 0.25) is 0 Å². The lowest BCUT2D eigenvalue weighted by atomic mass is 10.1. The fourth-order valence-corrected chi connectivity index (χ4v) is 4.01. The third-order valence-electron chi connectivity index (χ3n) is 4.49. The molecule has 0 spiro atoms. The molecule has 1 N–H and O–H groups in total. The molecule has 0 aliphatic carbocycles. The summed E-state index contributed by atoms with van der Waals surface area (Å²) < 4.78 is 0. The van der Waals surface area contributed by atoms with E-state index in [-0.39, 0.29) is 5.91 Å². The van der Waals surface area contributed by atoms with Gasteiger partial charge in [0.05, 0.1) is 10.6 Å². The molecule has 0 fully saturated rings. The monoisotopic (exact) mass is 384 g/mol. The topological polar surface area (TPSA) is 42.0 Å². The Labute approximate surface area is 168 Å². The van der Waals surface area contributed by atoms with E-state index in [0.717, 1.165) is 27.3 Å². The molecular weight excluding hydrogens is 364 g/mol. The van der Waals surface area contributed by atoms with Gasteiger partial charge in [0.1, 0.15) is 0 Å². The van der Waals surface area contributed by atoms with Crippen LogP contribution in [0.2, 0.25) is 0 Å². The van der Waals surface area contributed by atoms with E-state index >= 15 is 0 Å². The second-order valence-corrected chi connectivity index (χ2v) is 7.75. The van der Waals surface area contributed by atoms with Gasteiger partial charge in [-0.15, -0.1) is 0 Å². The smallest absolute Gasteiger partial charge is 0.257 e. The molecule has 0 atom stereocenters. The Morgan fingerprint density at radius 1 is 0.821 bits per heavy atom. The van der Waals surface area contributed by atoms with Gasteiger partial charge in [0.15, 0.2) is 5.13 Å². The summed E-state index contributed by atoms with van der Waals surface area (Å²) in [5.74, 6) is -0.146. The first-order valence-electron chi connectivity index (χ1n) is 9.11. The standard InChI is InChI=1S/C24H20N2OS/c1-16-11-13-19(14-12-16)22-21(18-8-4-3-5-9-18)25-24(28-22)26-23(27)20-10-6-7-17(2)15-20/h3-15H,1-2H3,(H,25,26,27). The fourth-order valence-electron chi connectivity index (χ4n) is 3.02. The maximum absolute atomic E-state index is 12.7. The number of carbonyl (C=O) groups excluding carboxylic acids is 1. The molecule has 4 aromatic rings. The first-order chi connectivity index (χ1) is 13.6. The predicted octanol–water partition coefficient (Wildman–Crippen LogP) is 6.35. The zero-order valence-corrected chi connectivity index (χ0v) is 16.6. The van der Waals surface area contributed by atoms with Crippen LogP contribution in [0.3, 0.4) is 0 Å². The van der Waals surface area contributed by atoms with E-state index < -0.39 is 0 Å². The number of benzene rings is 3. The van der Waals surface area contributed by atoms with E-state index in [9.17, 15) is 4.79 Å². The van der Waals surface area contributed by atoms with Gasteiger partial charge in [0, 0.05) is 11.1 Å². The van der Waals surface area contributed by atoms with Crippen molar-refractivity contribution in [3.63, 3.8) is 0 Å². The summed E-state index contributed by atoms with van der Waals surface area (Å²) in [7, 11) is 0. The highest BCUT2D eigenvalue weighted by molar-refractivity contribution is 7.19. The van der Waals surface area contributed by atoms with Gasteiger partial charge in [-0.1, -0.05) is 89.2 Å². The van der Waals surface area contributed by atoms with Crippen LogP contribution in [0.4, 0.5) is 5.13 Å². The van der Waals surface area contributed by atoms with Crippen molar-refractivity contribution in [2.45, 2.75) is 13.8 Å². The molecule has 0 bridgehead atoms. The van der Waals surface area contributed by atoms with E-state index in [0.29, 0.717) is 10.7 Å². The lowest BCUT2D eigenvalue weighted by Crippen LogP contribution is -2.11. The minimum Gasteiger partial charge on any atom is -0.298 e. The van der Waals surface area contributed by atoms with Crippen LogP contribution in [-0.2, 0) is 0 Å². The highest BCUT2D eigenvalue weighted by Gasteiger charge is 2.17. The van der Waals surface area contributed by atoms with Gasteiger partial charge >= 0.3 is 0 Å². The molecule has 28 heavy (non-hydrogen) atoms. The van der Waals surface area contributed by atoms with Crippen LogP contribution in [0, 0.1) is 13.8 Å². The van der Waals surface area contributed by atoms with Crippen molar-refractivity contribution in [3.8, 4) is 21.7 Å². The average Bonchev–Trinajstić information content (AvgIpc) is 3.13. The number of hydrogen-bond acceptors (Lipinski definition) is 3. The summed E-state index contributed by atoms with van der Waals surface area (Å²) in [6, 6.07) is 26.0. The molecule has 0 saturated heterocycles. The van der Waals surface area contributed by atoms with E-state index in [1.54, 1.807) is 0 Å². The Hall–Kier alpha value is -3.24.